The molecule has 1 saturated heterocycles. The molecular weight excluding hydrogens is 764 g/mol. The maximum absolute atomic E-state index is 15.2. The number of hydrogen-bond donors (Lipinski definition) is 1. The predicted octanol–water partition coefficient (Wildman–Crippen LogP) is 9.67. The average Bonchev–Trinajstić information content (AvgIpc) is 3.28. The van der Waals surface area contributed by atoms with E-state index in [1.165, 1.54) is 0 Å². The first-order valence-electron chi connectivity index (χ1n) is 19.9. The molecule has 1 heterocycles. The summed E-state index contributed by atoms with van der Waals surface area (Å²) in [6.45, 7) is 0.709. The van der Waals surface area contributed by atoms with Crippen molar-refractivity contribution in [2.24, 2.45) is 0 Å². The molecule has 7 rings (SSSR count). The van der Waals surface area contributed by atoms with E-state index in [0.717, 1.165) is 33.4 Å². The first-order valence-corrected chi connectivity index (χ1v) is 21.6. The van der Waals surface area contributed by atoms with Crippen LogP contribution >= 0.6 is 7.60 Å². The van der Waals surface area contributed by atoms with Gasteiger partial charge in [0.05, 0.1) is 46.2 Å². The zero-order chi connectivity index (χ0) is 40.6. The van der Waals surface area contributed by atoms with Gasteiger partial charge in [0, 0.05) is 0 Å². The SMILES string of the molecule is O=P(C[C@]1(O)O[C@H](COCc2ccccc2)[C@H](OCc2ccccc2)[C@H](OCc2ccccc2)[C@H]1OCc1ccccc1)(OCc1ccccc1)OCc1ccccc1. The number of hydrogen-bond acceptors (Lipinski definition) is 9. The van der Waals surface area contributed by atoms with Gasteiger partial charge in [0.15, 0.2) is 0 Å². The Kier molecular flexibility index (Phi) is 15.4. The van der Waals surface area contributed by atoms with Crippen molar-refractivity contribution in [3.8, 4) is 0 Å². The van der Waals surface area contributed by atoms with Gasteiger partial charge in [-0.25, -0.2) is 0 Å². The van der Waals surface area contributed by atoms with Crippen LogP contribution in [0.2, 0.25) is 0 Å². The van der Waals surface area contributed by atoms with E-state index < -0.39 is 44.0 Å². The maximum Gasteiger partial charge on any atom is 0.336 e. The summed E-state index contributed by atoms with van der Waals surface area (Å²) < 4.78 is 61.0. The molecular formula is C49H51O9P. The van der Waals surface area contributed by atoms with Crippen molar-refractivity contribution in [1.82, 2.24) is 0 Å². The van der Waals surface area contributed by atoms with Crippen LogP contribution in [0.1, 0.15) is 33.4 Å². The Labute approximate surface area is 347 Å². The van der Waals surface area contributed by atoms with Crippen LogP contribution in [0.15, 0.2) is 182 Å². The van der Waals surface area contributed by atoms with E-state index in [9.17, 15) is 5.11 Å². The van der Waals surface area contributed by atoms with E-state index in [0.29, 0.717) is 0 Å². The molecule has 59 heavy (non-hydrogen) atoms. The largest absolute Gasteiger partial charge is 0.374 e. The van der Waals surface area contributed by atoms with Crippen molar-refractivity contribution >= 4 is 7.60 Å². The van der Waals surface area contributed by atoms with Crippen LogP contribution in [-0.2, 0) is 76.9 Å². The minimum Gasteiger partial charge on any atom is -0.374 e. The molecule has 0 spiro atoms. The third-order valence-corrected chi connectivity index (χ3v) is 11.9. The fraction of sp³-hybridized carbons (Fsp3) is 0.265. The summed E-state index contributed by atoms with van der Waals surface area (Å²) in [5.74, 6) is -2.29. The second-order valence-corrected chi connectivity index (χ2v) is 16.6. The number of rotatable bonds is 21. The third kappa shape index (κ3) is 12.6. The van der Waals surface area contributed by atoms with Gasteiger partial charge in [-0.05, 0) is 33.4 Å². The molecule has 0 radical (unpaired) electrons. The molecule has 1 aliphatic rings. The van der Waals surface area contributed by atoms with Crippen LogP contribution < -0.4 is 0 Å². The molecule has 0 saturated carbocycles. The van der Waals surface area contributed by atoms with Gasteiger partial charge in [-0.3, -0.25) is 4.57 Å². The van der Waals surface area contributed by atoms with Crippen LogP contribution in [0.25, 0.3) is 0 Å². The van der Waals surface area contributed by atoms with E-state index in [4.69, 9.17) is 32.7 Å². The first-order chi connectivity index (χ1) is 28.9. The number of aliphatic hydroxyl groups is 1. The normalized spacial score (nSPS) is 20.6. The Morgan fingerprint density at radius 1 is 0.458 bits per heavy atom. The fourth-order valence-corrected chi connectivity index (χ4v) is 8.72. The molecule has 9 nitrogen and oxygen atoms in total. The maximum atomic E-state index is 15.2. The predicted molar refractivity (Wildman–Crippen MR) is 226 cm³/mol. The fourth-order valence-electron chi connectivity index (χ4n) is 6.96. The van der Waals surface area contributed by atoms with E-state index >= 15 is 4.57 Å². The lowest BCUT2D eigenvalue weighted by Gasteiger charge is -2.50. The lowest BCUT2D eigenvalue weighted by Crippen LogP contribution is -2.68. The smallest absolute Gasteiger partial charge is 0.336 e. The molecule has 0 unspecified atom stereocenters. The monoisotopic (exact) mass is 814 g/mol. The second kappa shape index (κ2) is 21.5. The molecule has 1 fully saturated rings. The Balaban J connectivity index is 1.26. The highest BCUT2D eigenvalue weighted by Gasteiger charge is 2.59. The Morgan fingerprint density at radius 2 is 0.797 bits per heavy atom. The van der Waals surface area contributed by atoms with Gasteiger partial charge in [0.25, 0.3) is 0 Å². The van der Waals surface area contributed by atoms with Gasteiger partial charge in [0.1, 0.15) is 30.6 Å². The van der Waals surface area contributed by atoms with Gasteiger partial charge in [-0.2, -0.15) is 0 Å². The Morgan fingerprint density at radius 3 is 1.20 bits per heavy atom. The Bertz CT molecular complexity index is 2080. The highest BCUT2D eigenvalue weighted by atomic mass is 31.2. The zero-order valence-electron chi connectivity index (χ0n) is 32.9. The van der Waals surface area contributed by atoms with E-state index in [1.807, 2.05) is 182 Å². The summed E-state index contributed by atoms with van der Waals surface area (Å²) in [5.41, 5.74) is 5.25. The van der Waals surface area contributed by atoms with Gasteiger partial charge < -0.3 is 37.8 Å². The lowest BCUT2D eigenvalue weighted by molar-refractivity contribution is -0.362. The molecule has 1 N–H and O–H groups in total. The summed E-state index contributed by atoms with van der Waals surface area (Å²) in [6, 6.07) is 57.8. The molecule has 5 atom stereocenters. The second-order valence-electron chi connectivity index (χ2n) is 14.5. The molecule has 0 bridgehead atoms. The van der Waals surface area contributed by atoms with Crippen molar-refractivity contribution in [3.63, 3.8) is 0 Å². The summed E-state index contributed by atoms with van der Waals surface area (Å²) in [6.07, 6.45) is -4.51. The lowest BCUT2D eigenvalue weighted by atomic mass is 9.92. The van der Waals surface area contributed by atoms with E-state index in [2.05, 4.69) is 0 Å². The van der Waals surface area contributed by atoms with Crippen LogP contribution in [0.5, 0.6) is 0 Å². The van der Waals surface area contributed by atoms with Crippen molar-refractivity contribution in [2.45, 2.75) is 69.8 Å². The molecule has 10 heteroatoms. The van der Waals surface area contributed by atoms with Crippen molar-refractivity contribution < 1.29 is 42.4 Å². The van der Waals surface area contributed by atoms with Crippen LogP contribution in [0.4, 0.5) is 0 Å². The highest BCUT2D eigenvalue weighted by Crippen LogP contribution is 2.54. The summed E-state index contributed by atoms with van der Waals surface area (Å²) in [5, 5.41) is 13.1. The van der Waals surface area contributed by atoms with Gasteiger partial charge in [0.2, 0.25) is 5.79 Å². The Hall–Kier alpha value is -4.77. The van der Waals surface area contributed by atoms with Crippen molar-refractivity contribution in [2.75, 3.05) is 12.8 Å². The van der Waals surface area contributed by atoms with Crippen LogP contribution in [0, 0.1) is 0 Å². The minimum absolute atomic E-state index is 0.00725. The molecule has 0 aliphatic carbocycles. The molecule has 6 aromatic carbocycles. The third-order valence-electron chi connectivity index (χ3n) is 9.99. The minimum atomic E-state index is -4.20. The zero-order valence-corrected chi connectivity index (χ0v) is 33.8. The van der Waals surface area contributed by atoms with Crippen molar-refractivity contribution in [3.05, 3.63) is 215 Å². The van der Waals surface area contributed by atoms with Crippen molar-refractivity contribution in [1.29, 1.82) is 0 Å². The first kappa shape index (κ1) is 42.4. The standard InChI is InChI=1S/C49H51O9P/c50-49(38-59(51,56-35-43-27-15-5-16-28-43)57-36-44-29-17-6-18-30-44)48(55-34-42-25-13-4-14-26-42)47(54-33-41-23-11-3-12-24-41)46(53-32-40-21-9-2-10-22-40)45(58-49)37-52-31-39-19-7-1-8-20-39/h1-30,45-48,50H,31-38H2/t45-,46+,47+,48-,49+/m1/s1. The van der Waals surface area contributed by atoms with Crippen LogP contribution in [-0.4, -0.2) is 48.1 Å². The number of benzene rings is 6. The quantitative estimate of drug-likeness (QED) is 0.0712. The average molecular weight is 815 g/mol. The number of ether oxygens (including phenoxy) is 5. The van der Waals surface area contributed by atoms with Gasteiger partial charge in [-0.1, -0.05) is 182 Å². The highest BCUT2D eigenvalue weighted by molar-refractivity contribution is 7.53. The van der Waals surface area contributed by atoms with E-state index in [1.54, 1.807) is 0 Å². The van der Waals surface area contributed by atoms with E-state index in [-0.39, 0.29) is 46.2 Å². The van der Waals surface area contributed by atoms with Crippen LogP contribution in [0.3, 0.4) is 0 Å². The van der Waals surface area contributed by atoms with Gasteiger partial charge in [-0.15, -0.1) is 0 Å². The molecule has 6 aromatic rings. The molecule has 306 valence electrons. The molecule has 1 aliphatic heterocycles. The summed E-state index contributed by atoms with van der Waals surface area (Å²) >= 11 is 0. The molecule has 0 aromatic heterocycles. The van der Waals surface area contributed by atoms with Gasteiger partial charge >= 0.3 is 7.60 Å². The topological polar surface area (TPSA) is 102 Å². The summed E-state index contributed by atoms with van der Waals surface area (Å²) in [7, 11) is -4.20. The molecule has 0 amide bonds. The summed E-state index contributed by atoms with van der Waals surface area (Å²) in [4.78, 5) is 0.